The molecule has 0 aliphatic carbocycles. The van der Waals surface area contributed by atoms with E-state index in [-0.39, 0.29) is 11.7 Å². The van der Waals surface area contributed by atoms with Gasteiger partial charge in [-0.25, -0.2) is 9.07 Å². The van der Waals surface area contributed by atoms with E-state index in [1.165, 1.54) is 23.1 Å². The summed E-state index contributed by atoms with van der Waals surface area (Å²) in [6.07, 6.45) is 3.93. The second-order valence-corrected chi connectivity index (χ2v) is 6.27. The maximum Gasteiger partial charge on any atom is 0.251 e. The number of halogens is 1. The second-order valence-electron chi connectivity index (χ2n) is 6.27. The molecule has 0 aliphatic rings. The fourth-order valence-electron chi connectivity index (χ4n) is 3.04. The Morgan fingerprint density at radius 3 is 2.96 bits per heavy atom. The first kappa shape index (κ1) is 16.9. The van der Waals surface area contributed by atoms with Gasteiger partial charge in [0.15, 0.2) is 0 Å². The Balaban J connectivity index is 1.45. The highest BCUT2D eigenvalue weighted by molar-refractivity contribution is 5.95. The minimum atomic E-state index is -0.276. The predicted octanol–water partition coefficient (Wildman–Crippen LogP) is 2.56. The van der Waals surface area contributed by atoms with E-state index in [0.29, 0.717) is 18.5 Å². The molecule has 2 N–H and O–H groups in total. The number of nitrogens with zero attached hydrogens (tertiary/aromatic N) is 4. The highest BCUT2D eigenvalue weighted by Crippen LogP contribution is 2.20. The van der Waals surface area contributed by atoms with Crippen LogP contribution in [0.25, 0.3) is 16.6 Å². The summed E-state index contributed by atoms with van der Waals surface area (Å²) in [4.78, 5) is 15.6. The first-order valence-corrected chi connectivity index (χ1v) is 8.49. The summed E-state index contributed by atoms with van der Waals surface area (Å²) >= 11 is 0. The first-order valence-electron chi connectivity index (χ1n) is 8.49. The third kappa shape index (κ3) is 3.41. The monoisotopic (exact) mass is 364 g/mol. The SMILES string of the molecule is Cc1ccc(C(=O)NCCc2c[nH]c3ccc(F)cc23)cc1-n1cnnn1. The third-order valence-electron chi connectivity index (χ3n) is 4.48. The van der Waals surface area contributed by atoms with E-state index in [0.717, 1.165) is 27.7 Å². The molecule has 27 heavy (non-hydrogen) atoms. The minimum absolute atomic E-state index is 0.185. The Bertz CT molecular complexity index is 1100. The molecule has 0 radical (unpaired) electrons. The lowest BCUT2D eigenvalue weighted by molar-refractivity contribution is 0.0954. The molecule has 7 nitrogen and oxygen atoms in total. The van der Waals surface area contributed by atoms with Gasteiger partial charge in [0, 0.05) is 29.2 Å². The molecule has 1 amide bonds. The van der Waals surface area contributed by atoms with E-state index in [9.17, 15) is 9.18 Å². The van der Waals surface area contributed by atoms with Crippen LogP contribution < -0.4 is 5.32 Å². The lowest BCUT2D eigenvalue weighted by Crippen LogP contribution is -2.25. The number of aryl methyl sites for hydroxylation is 1. The Kier molecular flexibility index (Phi) is 4.37. The highest BCUT2D eigenvalue weighted by Gasteiger charge is 2.11. The van der Waals surface area contributed by atoms with E-state index in [2.05, 4.69) is 25.8 Å². The number of nitrogens with one attached hydrogen (secondary N) is 2. The van der Waals surface area contributed by atoms with Gasteiger partial charge in [-0.1, -0.05) is 6.07 Å². The quantitative estimate of drug-likeness (QED) is 0.570. The number of hydrogen-bond acceptors (Lipinski definition) is 4. The van der Waals surface area contributed by atoms with Crippen molar-refractivity contribution in [2.24, 2.45) is 0 Å². The predicted molar refractivity (Wildman–Crippen MR) is 98.2 cm³/mol. The summed E-state index contributed by atoms with van der Waals surface area (Å²) in [6, 6.07) is 10.0. The normalized spacial score (nSPS) is 11.0. The van der Waals surface area contributed by atoms with Crippen molar-refractivity contribution in [3.05, 3.63) is 71.4 Å². The van der Waals surface area contributed by atoms with Gasteiger partial charge in [-0.3, -0.25) is 4.79 Å². The van der Waals surface area contributed by atoms with Crippen LogP contribution >= 0.6 is 0 Å². The molecule has 8 heteroatoms. The highest BCUT2D eigenvalue weighted by atomic mass is 19.1. The van der Waals surface area contributed by atoms with Crippen molar-refractivity contribution < 1.29 is 9.18 Å². The molecule has 0 spiro atoms. The van der Waals surface area contributed by atoms with Crippen molar-refractivity contribution in [1.82, 2.24) is 30.5 Å². The van der Waals surface area contributed by atoms with Gasteiger partial charge in [0.2, 0.25) is 0 Å². The Morgan fingerprint density at radius 2 is 2.15 bits per heavy atom. The van der Waals surface area contributed by atoms with Crippen molar-refractivity contribution in [1.29, 1.82) is 0 Å². The van der Waals surface area contributed by atoms with Gasteiger partial charge in [0.25, 0.3) is 5.91 Å². The largest absolute Gasteiger partial charge is 0.361 e. The van der Waals surface area contributed by atoms with Crippen molar-refractivity contribution in [2.45, 2.75) is 13.3 Å². The maximum absolute atomic E-state index is 13.5. The third-order valence-corrected chi connectivity index (χ3v) is 4.48. The number of benzene rings is 2. The van der Waals surface area contributed by atoms with E-state index in [1.54, 1.807) is 18.2 Å². The van der Waals surface area contributed by atoms with Crippen LogP contribution in [0.3, 0.4) is 0 Å². The van der Waals surface area contributed by atoms with Crippen LogP contribution in [0.15, 0.2) is 48.9 Å². The number of amides is 1. The van der Waals surface area contributed by atoms with Crippen LogP contribution in [-0.4, -0.2) is 37.6 Å². The average molecular weight is 364 g/mol. The molecule has 4 aromatic rings. The molecule has 0 atom stereocenters. The molecule has 0 fully saturated rings. The molecule has 4 rings (SSSR count). The number of rotatable bonds is 5. The summed E-state index contributed by atoms with van der Waals surface area (Å²) in [5, 5.41) is 14.9. The molecule has 136 valence electrons. The van der Waals surface area contributed by atoms with Gasteiger partial charge in [0.05, 0.1) is 5.69 Å². The smallest absolute Gasteiger partial charge is 0.251 e. The number of hydrogen-bond donors (Lipinski definition) is 2. The van der Waals surface area contributed by atoms with Crippen LogP contribution in [0.1, 0.15) is 21.5 Å². The minimum Gasteiger partial charge on any atom is -0.361 e. The van der Waals surface area contributed by atoms with Crippen LogP contribution in [0.5, 0.6) is 0 Å². The average Bonchev–Trinajstić information content (AvgIpc) is 3.32. The van der Waals surface area contributed by atoms with Crippen molar-refractivity contribution in [3.8, 4) is 5.69 Å². The summed E-state index contributed by atoms with van der Waals surface area (Å²) < 4.78 is 15.0. The topological polar surface area (TPSA) is 88.5 Å². The van der Waals surface area contributed by atoms with Gasteiger partial charge in [-0.15, -0.1) is 5.10 Å². The molecule has 0 aliphatic heterocycles. The van der Waals surface area contributed by atoms with E-state index < -0.39 is 0 Å². The van der Waals surface area contributed by atoms with Crippen LogP contribution in [0, 0.1) is 12.7 Å². The molecule has 0 bridgehead atoms. The number of aromatic amines is 1. The number of H-pyrrole nitrogens is 1. The Labute approximate surface area is 154 Å². The lowest BCUT2D eigenvalue weighted by Gasteiger charge is -2.09. The van der Waals surface area contributed by atoms with Gasteiger partial charge in [-0.05, 0) is 65.2 Å². The van der Waals surface area contributed by atoms with Crippen molar-refractivity contribution in [3.63, 3.8) is 0 Å². The summed E-state index contributed by atoms with van der Waals surface area (Å²) in [7, 11) is 0. The molecule has 0 saturated carbocycles. The molecule has 2 heterocycles. The van der Waals surface area contributed by atoms with Crippen molar-refractivity contribution in [2.75, 3.05) is 6.54 Å². The Morgan fingerprint density at radius 1 is 1.26 bits per heavy atom. The van der Waals surface area contributed by atoms with E-state index >= 15 is 0 Å². The number of tetrazole rings is 1. The van der Waals surface area contributed by atoms with Gasteiger partial charge in [0.1, 0.15) is 12.1 Å². The van der Waals surface area contributed by atoms with Crippen LogP contribution in [-0.2, 0) is 6.42 Å². The van der Waals surface area contributed by atoms with Gasteiger partial charge in [-0.2, -0.15) is 0 Å². The number of carbonyl (C=O) groups is 1. The number of carbonyl (C=O) groups excluding carboxylic acids is 1. The summed E-state index contributed by atoms with van der Waals surface area (Å²) in [5.74, 6) is -0.461. The van der Waals surface area contributed by atoms with Gasteiger partial charge < -0.3 is 10.3 Å². The van der Waals surface area contributed by atoms with Gasteiger partial charge >= 0.3 is 0 Å². The zero-order valence-corrected chi connectivity index (χ0v) is 14.6. The molecule has 0 saturated heterocycles. The molecular weight excluding hydrogens is 347 g/mol. The standard InChI is InChI=1S/C19H17FN6O/c1-12-2-3-13(8-18(12)26-11-23-24-25-26)19(27)21-7-6-14-10-22-17-5-4-15(20)9-16(14)17/h2-5,8-11,22H,6-7H2,1H3,(H,21,27). The number of fused-ring (bicyclic) bond motifs is 1. The lowest BCUT2D eigenvalue weighted by atomic mass is 10.1. The molecular formula is C19H17FN6O. The van der Waals surface area contributed by atoms with Crippen molar-refractivity contribution >= 4 is 16.8 Å². The maximum atomic E-state index is 13.5. The Hall–Kier alpha value is -3.55. The van der Waals surface area contributed by atoms with Crippen LogP contribution in [0.2, 0.25) is 0 Å². The van der Waals surface area contributed by atoms with E-state index in [4.69, 9.17) is 0 Å². The molecule has 2 aromatic heterocycles. The molecule has 2 aromatic carbocycles. The van der Waals surface area contributed by atoms with Crippen LogP contribution in [0.4, 0.5) is 4.39 Å². The second kappa shape index (κ2) is 6.99. The summed E-state index contributed by atoms with van der Waals surface area (Å²) in [5.41, 5.74) is 4.07. The van der Waals surface area contributed by atoms with E-state index in [1.807, 2.05) is 19.2 Å². The zero-order valence-electron chi connectivity index (χ0n) is 14.6. The molecule has 0 unspecified atom stereocenters. The fraction of sp³-hybridized carbons (Fsp3) is 0.158. The first-order chi connectivity index (χ1) is 13.1. The zero-order chi connectivity index (χ0) is 18.8. The fourth-order valence-corrected chi connectivity index (χ4v) is 3.04. The number of aromatic nitrogens is 5. The summed E-state index contributed by atoms with van der Waals surface area (Å²) in [6.45, 7) is 2.37.